The summed E-state index contributed by atoms with van der Waals surface area (Å²) in [6.07, 6.45) is 8.72. The Balaban J connectivity index is 0.000000200. The lowest BCUT2D eigenvalue weighted by Gasteiger charge is -2.05. The molecule has 1 aromatic rings. The fourth-order valence-electron chi connectivity index (χ4n) is 2.57. The highest BCUT2D eigenvalue weighted by Crippen LogP contribution is 2.02. The molecule has 134 valence electrons. The van der Waals surface area contributed by atoms with Gasteiger partial charge in [0.25, 0.3) is 0 Å². The molecule has 1 aromatic carbocycles. The lowest BCUT2D eigenvalue weighted by molar-refractivity contribution is -0.662. The highest BCUT2D eigenvalue weighted by molar-refractivity contribution is 5.91. The average Bonchev–Trinajstić information content (AvgIpc) is 2.65. The lowest BCUT2D eigenvalue weighted by Crippen LogP contribution is -2.85. The number of benzene rings is 1. The van der Waals surface area contributed by atoms with E-state index < -0.39 is 11.9 Å². The maximum Gasteiger partial charge on any atom is 0.0755 e. The van der Waals surface area contributed by atoms with Gasteiger partial charge in [-0.15, -0.1) is 0 Å². The Bertz CT molecular complexity index is 433. The number of quaternary nitrogens is 2. The number of carboxylic acid groups (broad SMARTS) is 2. The number of piperidine rings is 2. The summed E-state index contributed by atoms with van der Waals surface area (Å²) < 4.78 is 0. The third-order valence-corrected chi connectivity index (χ3v) is 3.97. The zero-order valence-corrected chi connectivity index (χ0v) is 14.2. The monoisotopic (exact) mass is 336 g/mol. The van der Waals surface area contributed by atoms with Gasteiger partial charge in [-0.1, -0.05) is 18.2 Å². The van der Waals surface area contributed by atoms with E-state index in [0.717, 1.165) is 6.07 Å². The molecule has 2 aliphatic rings. The van der Waals surface area contributed by atoms with Crippen LogP contribution in [0.1, 0.15) is 59.2 Å². The van der Waals surface area contributed by atoms with Gasteiger partial charge in [-0.3, -0.25) is 0 Å². The Morgan fingerprint density at radius 3 is 1.29 bits per heavy atom. The minimum absolute atomic E-state index is 0.170. The third-order valence-electron chi connectivity index (χ3n) is 3.97. The van der Waals surface area contributed by atoms with E-state index in [0.29, 0.717) is 0 Å². The maximum absolute atomic E-state index is 10.3. The van der Waals surface area contributed by atoms with Crippen molar-refractivity contribution in [1.29, 1.82) is 0 Å². The molecule has 24 heavy (non-hydrogen) atoms. The third kappa shape index (κ3) is 9.27. The molecular weight excluding hydrogens is 308 g/mol. The number of carbonyl (C=O) groups is 2. The lowest BCUT2D eigenvalue weighted by atomic mass is 10.1. The molecule has 0 aromatic heterocycles. The number of hydrogen-bond donors (Lipinski definition) is 2. The van der Waals surface area contributed by atoms with Crippen molar-refractivity contribution in [2.75, 3.05) is 26.2 Å². The average molecular weight is 336 g/mol. The van der Waals surface area contributed by atoms with Crippen LogP contribution in [0.4, 0.5) is 0 Å². The van der Waals surface area contributed by atoms with Crippen LogP contribution in [0, 0.1) is 0 Å². The molecule has 6 nitrogen and oxygen atoms in total. The minimum atomic E-state index is -1.40. The van der Waals surface area contributed by atoms with Crippen molar-refractivity contribution in [3.63, 3.8) is 0 Å². The summed E-state index contributed by atoms with van der Waals surface area (Å²) in [6.45, 7) is 5.50. The molecule has 0 atom stereocenters. The molecule has 4 N–H and O–H groups in total. The van der Waals surface area contributed by atoms with Crippen molar-refractivity contribution in [3.05, 3.63) is 35.4 Å². The van der Waals surface area contributed by atoms with Gasteiger partial charge < -0.3 is 30.4 Å². The number of aromatic carboxylic acids is 2. The Kier molecular flexibility index (Phi) is 10.5. The summed E-state index contributed by atoms with van der Waals surface area (Å²) in [4.78, 5) is 20.5. The van der Waals surface area contributed by atoms with Crippen molar-refractivity contribution in [3.8, 4) is 0 Å². The standard InChI is InChI=1S/C8H6O4.2C5H11N/c9-7(10)5-2-1-3-6(4-5)8(11)12;2*1-2-4-6-5-3-1/h1-4H,(H,9,10)(H,11,12);2*6H,1-5H2. The van der Waals surface area contributed by atoms with Crippen molar-refractivity contribution in [2.45, 2.75) is 38.5 Å². The summed E-state index contributed by atoms with van der Waals surface area (Å²) in [6, 6.07) is 4.81. The number of rotatable bonds is 2. The van der Waals surface area contributed by atoms with Crippen LogP contribution in [0.15, 0.2) is 24.3 Å². The minimum Gasteiger partial charge on any atom is -0.545 e. The molecule has 0 saturated carbocycles. The molecule has 0 aliphatic carbocycles. The predicted molar refractivity (Wildman–Crippen MR) is 86.1 cm³/mol. The molecule has 0 amide bonds. The summed E-state index contributed by atoms with van der Waals surface area (Å²) in [7, 11) is 0. The zero-order valence-electron chi connectivity index (χ0n) is 14.2. The van der Waals surface area contributed by atoms with E-state index in [-0.39, 0.29) is 11.1 Å². The topological polar surface area (TPSA) is 113 Å². The second-order valence-electron chi connectivity index (χ2n) is 6.01. The molecule has 3 rings (SSSR count). The fourth-order valence-corrected chi connectivity index (χ4v) is 2.57. The number of carbonyl (C=O) groups excluding carboxylic acids is 2. The molecule has 0 radical (unpaired) electrons. The summed E-state index contributed by atoms with van der Waals surface area (Å²) in [5.74, 6) is -2.81. The van der Waals surface area contributed by atoms with E-state index in [1.807, 2.05) is 0 Å². The quantitative estimate of drug-likeness (QED) is 0.643. The fraction of sp³-hybridized carbons (Fsp3) is 0.556. The van der Waals surface area contributed by atoms with Gasteiger partial charge in [0.05, 0.1) is 38.1 Å². The van der Waals surface area contributed by atoms with Gasteiger partial charge in [-0.25, -0.2) is 0 Å². The second-order valence-corrected chi connectivity index (χ2v) is 6.01. The largest absolute Gasteiger partial charge is 0.545 e. The Morgan fingerprint density at radius 1 is 0.708 bits per heavy atom. The van der Waals surface area contributed by atoms with Gasteiger partial charge in [0.2, 0.25) is 0 Å². The number of hydrogen-bond acceptors (Lipinski definition) is 4. The Labute approximate surface area is 143 Å². The zero-order chi connectivity index (χ0) is 17.6. The van der Waals surface area contributed by atoms with Gasteiger partial charge in [0, 0.05) is 0 Å². The first-order valence-electron chi connectivity index (χ1n) is 8.77. The summed E-state index contributed by atoms with van der Waals surface area (Å²) in [5.41, 5.74) is -0.339. The van der Waals surface area contributed by atoms with E-state index in [4.69, 9.17) is 0 Å². The van der Waals surface area contributed by atoms with Gasteiger partial charge in [0.15, 0.2) is 0 Å². The molecule has 0 spiro atoms. The van der Waals surface area contributed by atoms with Crippen LogP contribution in [0.2, 0.25) is 0 Å². The van der Waals surface area contributed by atoms with Crippen LogP contribution in [-0.4, -0.2) is 38.1 Å². The first-order chi connectivity index (χ1) is 11.6. The van der Waals surface area contributed by atoms with Gasteiger partial charge in [0.1, 0.15) is 0 Å². The van der Waals surface area contributed by atoms with E-state index >= 15 is 0 Å². The normalized spacial score (nSPS) is 16.7. The first-order valence-corrected chi connectivity index (χ1v) is 8.77. The highest BCUT2D eigenvalue weighted by atomic mass is 16.4. The van der Waals surface area contributed by atoms with Crippen LogP contribution in [0.3, 0.4) is 0 Å². The Hall–Kier alpha value is -1.92. The molecule has 6 heteroatoms. The van der Waals surface area contributed by atoms with E-state index in [9.17, 15) is 19.8 Å². The van der Waals surface area contributed by atoms with Crippen molar-refractivity contribution in [1.82, 2.24) is 0 Å². The second kappa shape index (κ2) is 12.5. The van der Waals surface area contributed by atoms with Crippen molar-refractivity contribution < 1.29 is 30.4 Å². The van der Waals surface area contributed by atoms with Gasteiger partial charge in [-0.05, 0) is 55.7 Å². The number of nitrogens with two attached hydrogens (primary N) is 2. The molecule has 2 aliphatic heterocycles. The molecule has 0 bridgehead atoms. The van der Waals surface area contributed by atoms with Gasteiger partial charge in [-0.2, -0.15) is 0 Å². The molecule has 2 saturated heterocycles. The van der Waals surface area contributed by atoms with Gasteiger partial charge >= 0.3 is 0 Å². The van der Waals surface area contributed by atoms with E-state index in [1.165, 1.54) is 82.9 Å². The maximum atomic E-state index is 10.3. The first kappa shape index (κ1) is 20.1. The van der Waals surface area contributed by atoms with Crippen LogP contribution < -0.4 is 20.8 Å². The predicted octanol–water partition coefficient (Wildman–Crippen LogP) is -2.12. The summed E-state index contributed by atoms with van der Waals surface area (Å²) >= 11 is 0. The number of carboxylic acids is 2. The van der Waals surface area contributed by atoms with Crippen LogP contribution in [0.25, 0.3) is 0 Å². The molecule has 2 fully saturated rings. The highest BCUT2D eigenvalue weighted by Gasteiger charge is 1.98. The van der Waals surface area contributed by atoms with E-state index in [2.05, 4.69) is 10.6 Å². The Morgan fingerprint density at radius 2 is 1.08 bits per heavy atom. The molecule has 0 unspecified atom stereocenters. The molecule has 2 heterocycles. The van der Waals surface area contributed by atoms with Crippen molar-refractivity contribution >= 4 is 11.9 Å². The summed E-state index contributed by atoms with van der Waals surface area (Å²) in [5, 5.41) is 25.3. The van der Waals surface area contributed by atoms with E-state index in [1.54, 1.807) is 0 Å². The van der Waals surface area contributed by atoms with Crippen LogP contribution in [0.5, 0.6) is 0 Å². The molecular formula is C18H28N2O4. The smallest absolute Gasteiger partial charge is 0.0755 e. The van der Waals surface area contributed by atoms with Crippen molar-refractivity contribution in [2.24, 2.45) is 0 Å². The van der Waals surface area contributed by atoms with Crippen LogP contribution >= 0.6 is 0 Å². The van der Waals surface area contributed by atoms with Crippen LogP contribution in [-0.2, 0) is 0 Å². The SMILES string of the molecule is C1CC[NH2+]CC1.C1CC[NH2+]CC1.O=C([O-])c1cccc(C(=O)[O-])c1.